The summed E-state index contributed by atoms with van der Waals surface area (Å²) in [6.07, 6.45) is 5.99. The first-order valence-corrected chi connectivity index (χ1v) is 14.4. The number of benzene rings is 1. The molecule has 180 valence electrons. The number of aromatic amines is 1. The van der Waals surface area contributed by atoms with E-state index in [1.807, 2.05) is 11.8 Å². The van der Waals surface area contributed by atoms with Crippen LogP contribution < -0.4 is 0 Å². The largest absolute Gasteiger partial charge is 0.392 e. The van der Waals surface area contributed by atoms with E-state index in [2.05, 4.69) is 53.7 Å². The van der Waals surface area contributed by atoms with Gasteiger partial charge in [0.1, 0.15) is 0 Å². The van der Waals surface area contributed by atoms with Gasteiger partial charge in [0.05, 0.1) is 17.9 Å². The van der Waals surface area contributed by atoms with Crippen molar-refractivity contribution in [1.29, 1.82) is 0 Å². The summed E-state index contributed by atoms with van der Waals surface area (Å²) in [6, 6.07) is 4.33. The van der Waals surface area contributed by atoms with Crippen molar-refractivity contribution in [2.45, 2.75) is 39.2 Å². The van der Waals surface area contributed by atoms with Gasteiger partial charge < -0.3 is 15.0 Å². The third-order valence-electron chi connectivity index (χ3n) is 6.91. The first-order chi connectivity index (χ1) is 15.9. The minimum Gasteiger partial charge on any atom is -0.392 e. The number of thioether (sulfide) groups is 1. The number of nitrogens with one attached hydrogen (secondary N) is 1. The van der Waals surface area contributed by atoms with Crippen LogP contribution in [-0.4, -0.2) is 72.4 Å². The summed E-state index contributed by atoms with van der Waals surface area (Å²) < 4.78 is 26.1. The number of likely N-dealkylation sites (N-methyl/N-ethyl adjacent to an activating group) is 1. The Morgan fingerprint density at radius 2 is 2.00 bits per heavy atom. The molecule has 0 bridgehead atoms. The van der Waals surface area contributed by atoms with Gasteiger partial charge in [0.15, 0.2) is 0 Å². The van der Waals surface area contributed by atoms with Crippen LogP contribution >= 0.6 is 11.8 Å². The lowest BCUT2D eigenvalue weighted by Gasteiger charge is -2.31. The van der Waals surface area contributed by atoms with E-state index in [1.165, 1.54) is 16.7 Å². The van der Waals surface area contributed by atoms with Crippen molar-refractivity contribution in [2.24, 2.45) is 0 Å². The van der Waals surface area contributed by atoms with Crippen molar-refractivity contribution in [3.63, 3.8) is 0 Å². The fraction of sp³-hybridized carbons (Fsp3) is 0.520. The van der Waals surface area contributed by atoms with E-state index in [0.29, 0.717) is 19.0 Å². The van der Waals surface area contributed by atoms with Gasteiger partial charge >= 0.3 is 0 Å². The summed E-state index contributed by atoms with van der Waals surface area (Å²) in [6.45, 7) is 6.98. The number of hydrogen-bond donors (Lipinski definition) is 2. The highest BCUT2D eigenvalue weighted by atomic mass is 32.2. The molecule has 1 fully saturated rings. The van der Waals surface area contributed by atoms with Gasteiger partial charge in [-0.2, -0.15) is 0 Å². The lowest BCUT2D eigenvalue weighted by atomic mass is 9.88. The quantitative estimate of drug-likeness (QED) is 0.582. The summed E-state index contributed by atoms with van der Waals surface area (Å²) in [5.74, 6) is 1.48. The normalized spacial score (nSPS) is 18.7. The first kappa shape index (κ1) is 24.5. The Morgan fingerprint density at radius 3 is 2.67 bits per heavy atom. The average Bonchev–Trinajstić information content (AvgIpc) is 3.27. The molecule has 0 spiro atoms. The zero-order valence-electron chi connectivity index (χ0n) is 19.8. The lowest BCUT2D eigenvalue weighted by molar-refractivity contribution is 0.283. The van der Waals surface area contributed by atoms with Gasteiger partial charge in [0.2, 0.25) is 10.0 Å². The third kappa shape index (κ3) is 5.25. The Morgan fingerprint density at radius 1 is 1.24 bits per heavy atom. The Kier molecular flexibility index (Phi) is 7.70. The monoisotopic (exact) mass is 489 g/mol. The van der Waals surface area contributed by atoms with Crippen LogP contribution in [-0.2, 0) is 16.6 Å². The maximum Gasteiger partial charge on any atom is 0.213 e. The van der Waals surface area contributed by atoms with Crippen LogP contribution in [0.15, 0.2) is 35.4 Å². The second-order valence-corrected chi connectivity index (χ2v) is 12.2. The molecule has 1 aromatic carbocycles. The molecule has 1 aromatic heterocycles. The van der Waals surface area contributed by atoms with E-state index in [0.717, 1.165) is 53.7 Å². The number of sulfonamides is 1. The van der Waals surface area contributed by atoms with Crippen molar-refractivity contribution in [1.82, 2.24) is 14.2 Å². The second-order valence-electron chi connectivity index (χ2n) is 9.05. The third-order valence-corrected chi connectivity index (χ3v) is 9.75. The Hall–Kier alpha value is -1.58. The SMILES string of the molecule is CCN(C)CC1=CC(c2cc(CO)c3[nH]cc(C4CCN(S(=O)(=O)CC)CC4)c3c2)=CSC1. The minimum atomic E-state index is -3.13. The zero-order valence-corrected chi connectivity index (χ0v) is 21.4. The fourth-order valence-corrected chi connectivity index (χ4v) is 6.81. The molecular formula is C25H35N3O3S2. The smallest absolute Gasteiger partial charge is 0.213 e. The number of aliphatic hydroxyl groups is 1. The molecule has 2 aliphatic heterocycles. The Bertz CT molecular complexity index is 1160. The molecule has 2 aromatic rings. The lowest BCUT2D eigenvalue weighted by Crippen LogP contribution is -2.38. The second kappa shape index (κ2) is 10.4. The number of rotatable bonds is 8. The number of allylic oxidation sites excluding steroid dienone is 2. The Labute approximate surface area is 201 Å². The molecule has 33 heavy (non-hydrogen) atoms. The van der Waals surface area contributed by atoms with E-state index in [1.54, 1.807) is 11.2 Å². The predicted molar refractivity (Wildman–Crippen MR) is 139 cm³/mol. The van der Waals surface area contributed by atoms with Crippen LogP contribution in [0.4, 0.5) is 0 Å². The molecule has 8 heteroatoms. The van der Waals surface area contributed by atoms with Crippen molar-refractivity contribution >= 4 is 38.3 Å². The average molecular weight is 490 g/mol. The zero-order chi connectivity index (χ0) is 23.6. The standard InChI is InChI=1S/C25H35N3O3S2/c1-4-27(3)14-18-10-22(17-32-16-18)20-11-21(15-29)25-23(12-20)24(13-26-25)19-6-8-28(9-7-19)33(30,31)5-2/h10-13,17,19,26,29H,4-9,14-16H2,1-3H3. The number of aliphatic hydroxyl groups excluding tert-OH is 1. The van der Waals surface area contributed by atoms with E-state index in [-0.39, 0.29) is 12.4 Å². The number of aromatic nitrogens is 1. The van der Waals surface area contributed by atoms with Gasteiger partial charge in [-0.3, -0.25) is 0 Å². The molecule has 0 unspecified atom stereocenters. The van der Waals surface area contributed by atoms with Crippen molar-refractivity contribution in [3.05, 3.63) is 52.1 Å². The van der Waals surface area contributed by atoms with Crippen LogP contribution in [0.5, 0.6) is 0 Å². The van der Waals surface area contributed by atoms with Gasteiger partial charge in [-0.15, -0.1) is 11.8 Å². The summed E-state index contributed by atoms with van der Waals surface area (Å²) in [5.41, 5.74) is 6.84. The minimum absolute atomic E-state index is 0.0208. The number of piperidine rings is 1. The fourth-order valence-electron chi connectivity index (χ4n) is 4.82. The van der Waals surface area contributed by atoms with Crippen LogP contribution in [0.1, 0.15) is 49.3 Å². The number of nitrogens with zero attached hydrogens (tertiary/aromatic N) is 2. The summed E-state index contributed by atoms with van der Waals surface area (Å²) in [5, 5.41) is 13.5. The number of hydrogen-bond acceptors (Lipinski definition) is 5. The van der Waals surface area contributed by atoms with Gasteiger partial charge in [0.25, 0.3) is 0 Å². The van der Waals surface area contributed by atoms with Crippen LogP contribution in [0.25, 0.3) is 16.5 Å². The number of H-pyrrole nitrogens is 1. The van der Waals surface area contributed by atoms with Crippen molar-refractivity contribution in [2.75, 3.05) is 44.7 Å². The maximum absolute atomic E-state index is 12.3. The van der Waals surface area contributed by atoms with E-state index >= 15 is 0 Å². The Balaban J connectivity index is 1.64. The molecule has 0 aliphatic carbocycles. The first-order valence-electron chi connectivity index (χ1n) is 11.8. The summed E-state index contributed by atoms with van der Waals surface area (Å²) in [7, 11) is -0.990. The highest BCUT2D eigenvalue weighted by Gasteiger charge is 2.29. The number of fused-ring (bicyclic) bond motifs is 1. The van der Waals surface area contributed by atoms with Gasteiger partial charge in [-0.05, 0) is 79.1 Å². The molecule has 0 atom stereocenters. The molecule has 2 aliphatic rings. The molecule has 0 amide bonds. The molecule has 0 saturated carbocycles. The summed E-state index contributed by atoms with van der Waals surface area (Å²) >= 11 is 1.83. The topological polar surface area (TPSA) is 76.6 Å². The van der Waals surface area contributed by atoms with Crippen LogP contribution in [0.2, 0.25) is 0 Å². The van der Waals surface area contributed by atoms with E-state index in [4.69, 9.17) is 0 Å². The van der Waals surface area contributed by atoms with Crippen molar-refractivity contribution in [3.8, 4) is 0 Å². The maximum atomic E-state index is 12.3. The molecular weight excluding hydrogens is 454 g/mol. The van der Waals surface area contributed by atoms with Gasteiger partial charge in [-0.1, -0.05) is 13.0 Å². The highest BCUT2D eigenvalue weighted by Crippen LogP contribution is 2.38. The molecule has 6 nitrogen and oxygen atoms in total. The molecule has 2 N–H and O–H groups in total. The van der Waals surface area contributed by atoms with Gasteiger partial charge in [-0.25, -0.2) is 12.7 Å². The molecule has 3 heterocycles. The van der Waals surface area contributed by atoms with Crippen molar-refractivity contribution < 1.29 is 13.5 Å². The predicted octanol–water partition coefficient (Wildman–Crippen LogP) is 4.16. The van der Waals surface area contributed by atoms with E-state index in [9.17, 15) is 13.5 Å². The highest BCUT2D eigenvalue weighted by molar-refractivity contribution is 8.02. The van der Waals surface area contributed by atoms with Gasteiger partial charge in [0, 0.05) is 42.5 Å². The van der Waals surface area contributed by atoms with Crippen LogP contribution in [0, 0.1) is 0 Å². The molecule has 0 radical (unpaired) electrons. The van der Waals surface area contributed by atoms with E-state index < -0.39 is 10.0 Å². The summed E-state index contributed by atoms with van der Waals surface area (Å²) in [4.78, 5) is 5.70. The van der Waals surface area contributed by atoms with Crippen LogP contribution in [0.3, 0.4) is 0 Å². The molecule has 1 saturated heterocycles. The molecule has 4 rings (SSSR count).